The van der Waals surface area contributed by atoms with Gasteiger partial charge >= 0.3 is 0 Å². The van der Waals surface area contributed by atoms with Gasteiger partial charge in [-0.25, -0.2) is 0 Å². The first-order chi connectivity index (χ1) is 11.1. The van der Waals surface area contributed by atoms with Crippen molar-refractivity contribution in [3.63, 3.8) is 0 Å². The zero-order valence-electron chi connectivity index (χ0n) is 14.8. The largest absolute Gasteiger partial charge is 0.469 e. The molecule has 0 aliphatic carbocycles. The third-order valence-corrected chi connectivity index (χ3v) is 4.21. The molecule has 0 aromatic carbocycles. The van der Waals surface area contributed by atoms with E-state index in [9.17, 15) is 4.79 Å². The second-order valence-corrected chi connectivity index (χ2v) is 5.98. The van der Waals surface area contributed by atoms with Crippen LogP contribution in [0.4, 0.5) is 0 Å². The molecule has 1 atom stereocenters. The Morgan fingerprint density at radius 3 is 2.54 bits per heavy atom. The average Bonchev–Trinajstić information content (AvgIpc) is 3.07. The van der Waals surface area contributed by atoms with Gasteiger partial charge in [0, 0.05) is 52.1 Å². The number of carbonyl (C=O) groups excluding carboxylic acids is 1. The van der Waals surface area contributed by atoms with Crippen molar-refractivity contribution in [1.29, 1.82) is 0 Å². The molecular formula is C17H29IN4O2. The van der Waals surface area contributed by atoms with E-state index in [0.29, 0.717) is 12.6 Å². The molecule has 1 saturated heterocycles. The van der Waals surface area contributed by atoms with E-state index in [1.165, 1.54) is 0 Å². The van der Waals surface area contributed by atoms with Gasteiger partial charge in [0.1, 0.15) is 5.76 Å². The first-order valence-corrected chi connectivity index (χ1v) is 8.44. The number of furan rings is 1. The van der Waals surface area contributed by atoms with Gasteiger partial charge in [0.2, 0.25) is 5.91 Å². The number of rotatable bonds is 5. The Morgan fingerprint density at radius 2 is 2.00 bits per heavy atom. The summed E-state index contributed by atoms with van der Waals surface area (Å²) >= 11 is 0. The normalized spacial score (nSPS) is 16.5. The van der Waals surface area contributed by atoms with Crippen molar-refractivity contribution in [2.24, 2.45) is 4.99 Å². The molecule has 7 heteroatoms. The molecule has 1 unspecified atom stereocenters. The monoisotopic (exact) mass is 448 g/mol. The van der Waals surface area contributed by atoms with Gasteiger partial charge in [-0.15, -0.1) is 24.0 Å². The number of piperazine rings is 1. The summed E-state index contributed by atoms with van der Waals surface area (Å²) in [7, 11) is 0. The molecule has 2 rings (SSSR count). The summed E-state index contributed by atoms with van der Waals surface area (Å²) in [5.41, 5.74) is 0. The van der Waals surface area contributed by atoms with E-state index in [1.807, 2.05) is 17.0 Å². The highest BCUT2D eigenvalue weighted by Gasteiger charge is 2.21. The van der Waals surface area contributed by atoms with Crippen LogP contribution in [0.15, 0.2) is 27.8 Å². The smallest absolute Gasteiger partial charge is 0.219 e. The van der Waals surface area contributed by atoms with Crippen molar-refractivity contribution in [1.82, 2.24) is 15.1 Å². The molecule has 136 valence electrons. The molecule has 1 aromatic rings. The molecule has 1 amide bonds. The predicted molar refractivity (Wildman–Crippen MR) is 107 cm³/mol. The molecular weight excluding hydrogens is 419 g/mol. The number of guanidine groups is 1. The van der Waals surface area contributed by atoms with Crippen LogP contribution < -0.4 is 5.32 Å². The van der Waals surface area contributed by atoms with Gasteiger partial charge in [-0.05, 0) is 25.5 Å². The van der Waals surface area contributed by atoms with Crippen LogP contribution >= 0.6 is 24.0 Å². The Kier molecular flexibility index (Phi) is 9.17. The molecule has 0 bridgehead atoms. The molecule has 0 saturated carbocycles. The van der Waals surface area contributed by atoms with E-state index >= 15 is 0 Å². The Morgan fingerprint density at radius 1 is 1.33 bits per heavy atom. The number of carbonyl (C=O) groups is 1. The number of hydrogen-bond acceptors (Lipinski definition) is 3. The minimum atomic E-state index is 0. The highest BCUT2D eigenvalue weighted by atomic mass is 127. The molecule has 1 N–H and O–H groups in total. The predicted octanol–water partition coefficient (Wildman–Crippen LogP) is 2.35. The molecule has 6 nitrogen and oxygen atoms in total. The highest BCUT2D eigenvalue weighted by molar-refractivity contribution is 14.0. The molecule has 2 heterocycles. The molecule has 24 heavy (non-hydrogen) atoms. The first kappa shape index (κ1) is 20.8. The fraction of sp³-hybridized carbons (Fsp3) is 0.647. The maximum atomic E-state index is 11.5. The lowest BCUT2D eigenvalue weighted by molar-refractivity contribution is -0.130. The van der Waals surface area contributed by atoms with Gasteiger partial charge in [-0.1, -0.05) is 6.92 Å². The third kappa shape index (κ3) is 6.33. The van der Waals surface area contributed by atoms with Gasteiger partial charge in [-0.3, -0.25) is 9.79 Å². The lowest BCUT2D eigenvalue weighted by atomic mass is 10.2. The fourth-order valence-corrected chi connectivity index (χ4v) is 2.52. The summed E-state index contributed by atoms with van der Waals surface area (Å²) in [5, 5.41) is 3.50. The van der Waals surface area contributed by atoms with Crippen LogP contribution in [0.2, 0.25) is 0 Å². The van der Waals surface area contributed by atoms with Crippen molar-refractivity contribution in [3.8, 4) is 0 Å². The lowest BCUT2D eigenvalue weighted by Crippen LogP contribution is -2.54. The lowest BCUT2D eigenvalue weighted by Gasteiger charge is -2.37. The highest BCUT2D eigenvalue weighted by Crippen LogP contribution is 2.05. The Bertz CT molecular complexity index is 511. The van der Waals surface area contributed by atoms with Gasteiger partial charge in [-0.2, -0.15) is 0 Å². The molecule has 1 aliphatic heterocycles. The van der Waals surface area contributed by atoms with E-state index in [-0.39, 0.29) is 29.9 Å². The minimum Gasteiger partial charge on any atom is -0.469 e. The molecule has 1 aliphatic rings. The number of halogens is 1. The van der Waals surface area contributed by atoms with E-state index in [1.54, 1.807) is 13.2 Å². The van der Waals surface area contributed by atoms with Crippen molar-refractivity contribution in [3.05, 3.63) is 24.2 Å². The van der Waals surface area contributed by atoms with Crippen molar-refractivity contribution in [2.75, 3.05) is 32.7 Å². The SMILES string of the molecule is CCC(C)NC(=NCCc1ccco1)N1CCN(C(C)=O)CC1.I. The number of nitrogens with zero attached hydrogens (tertiary/aromatic N) is 3. The minimum absolute atomic E-state index is 0. The quantitative estimate of drug-likeness (QED) is 0.427. The zero-order chi connectivity index (χ0) is 16.7. The molecule has 0 radical (unpaired) electrons. The standard InChI is InChI=1S/C17H28N4O2.HI/c1-4-14(2)19-17(18-8-7-16-6-5-13-23-16)21-11-9-20(10-12-21)15(3)22;/h5-6,13-14H,4,7-12H2,1-3H3,(H,18,19);1H. The summed E-state index contributed by atoms with van der Waals surface area (Å²) in [6, 6.07) is 4.25. The molecule has 1 fully saturated rings. The second kappa shape index (κ2) is 10.6. The van der Waals surface area contributed by atoms with Gasteiger partial charge in [0.25, 0.3) is 0 Å². The number of hydrogen-bond donors (Lipinski definition) is 1. The van der Waals surface area contributed by atoms with Crippen LogP contribution in [0.25, 0.3) is 0 Å². The van der Waals surface area contributed by atoms with Crippen LogP contribution in [0, 0.1) is 0 Å². The van der Waals surface area contributed by atoms with Gasteiger partial charge in [0.15, 0.2) is 5.96 Å². The summed E-state index contributed by atoms with van der Waals surface area (Å²) in [5.74, 6) is 2.04. The van der Waals surface area contributed by atoms with Crippen molar-refractivity contribution >= 4 is 35.8 Å². The zero-order valence-corrected chi connectivity index (χ0v) is 17.2. The van der Waals surface area contributed by atoms with Gasteiger partial charge in [0.05, 0.1) is 6.26 Å². The van der Waals surface area contributed by atoms with Crippen LogP contribution in [-0.2, 0) is 11.2 Å². The van der Waals surface area contributed by atoms with Crippen LogP contribution in [-0.4, -0.2) is 60.4 Å². The van der Waals surface area contributed by atoms with Crippen molar-refractivity contribution in [2.45, 2.75) is 39.7 Å². The average molecular weight is 448 g/mol. The maximum Gasteiger partial charge on any atom is 0.219 e. The second-order valence-electron chi connectivity index (χ2n) is 5.98. The molecule has 1 aromatic heterocycles. The Labute approximate surface area is 161 Å². The summed E-state index contributed by atoms with van der Waals surface area (Å²) in [4.78, 5) is 20.3. The van der Waals surface area contributed by atoms with Crippen molar-refractivity contribution < 1.29 is 9.21 Å². The van der Waals surface area contributed by atoms with E-state index in [0.717, 1.165) is 50.7 Å². The van der Waals surface area contributed by atoms with Crippen LogP contribution in [0.1, 0.15) is 33.0 Å². The van der Waals surface area contributed by atoms with E-state index in [2.05, 4.69) is 24.1 Å². The fourth-order valence-electron chi connectivity index (χ4n) is 2.52. The summed E-state index contributed by atoms with van der Waals surface area (Å²) < 4.78 is 5.36. The maximum absolute atomic E-state index is 11.5. The molecule has 0 spiro atoms. The van der Waals surface area contributed by atoms with E-state index in [4.69, 9.17) is 9.41 Å². The Hall–Kier alpha value is -1.25. The van der Waals surface area contributed by atoms with Crippen LogP contribution in [0.5, 0.6) is 0 Å². The van der Waals surface area contributed by atoms with Crippen LogP contribution in [0.3, 0.4) is 0 Å². The summed E-state index contributed by atoms with van der Waals surface area (Å²) in [6.45, 7) is 9.80. The van der Waals surface area contributed by atoms with Gasteiger partial charge < -0.3 is 19.5 Å². The summed E-state index contributed by atoms with van der Waals surface area (Å²) in [6.07, 6.45) is 3.54. The number of aliphatic imine (C=N–C) groups is 1. The number of nitrogens with one attached hydrogen (secondary N) is 1. The third-order valence-electron chi connectivity index (χ3n) is 4.21. The number of amides is 1. The van der Waals surface area contributed by atoms with E-state index < -0.39 is 0 Å². The first-order valence-electron chi connectivity index (χ1n) is 8.44. The topological polar surface area (TPSA) is 61.1 Å². The Balaban J connectivity index is 0.00000288.